The molecule has 0 heterocycles. The van der Waals surface area contributed by atoms with Crippen LogP contribution in [0.25, 0.3) is 0 Å². The monoisotopic (exact) mass is 1480 g/mol. The van der Waals surface area contributed by atoms with E-state index >= 15 is 14.4 Å². The van der Waals surface area contributed by atoms with Gasteiger partial charge in [0.05, 0.1) is 6.61 Å². The van der Waals surface area contributed by atoms with Crippen molar-refractivity contribution in [1.82, 2.24) is 31.5 Å². The summed E-state index contributed by atoms with van der Waals surface area (Å²) >= 11 is 0. The maximum atomic E-state index is 15.7. The number of Topliss-reactive ketones (excluding diaryl/α,β-unsaturated/α-hetero) is 1. The highest BCUT2D eigenvalue weighted by atomic mass is 32.2. The number of imide groups is 1. The molecule has 0 aliphatic rings. The first-order valence-electron chi connectivity index (χ1n) is 41.2. The van der Waals surface area contributed by atoms with Crippen LogP contribution >= 0.6 is 0 Å². The van der Waals surface area contributed by atoms with Gasteiger partial charge in [0.2, 0.25) is 41.0 Å². The minimum Gasteiger partial charge on any atom is -0.479 e. The van der Waals surface area contributed by atoms with Gasteiger partial charge in [-0.2, -0.15) is 8.42 Å². The van der Waals surface area contributed by atoms with Crippen LogP contribution in [0.3, 0.4) is 0 Å². The molecule has 602 valence electrons. The normalized spacial score (nSPS) is 13.6. The Bertz CT molecular complexity index is 2360. The van der Waals surface area contributed by atoms with E-state index in [1.54, 1.807) is 0 Å². The number of hydrogen-bond donors (Lipinski definition) is 12. The molecule has 0 unspecified atom stereocenters. The second kappa shape index (κ2) is 65.6. The van der Waals surface area contributed by atoms with Crippen LogP contribution in [-0.2, 0) is 53.3 Å². The molecular formula is C78H150N10O14S. The number of aliphatic hydroxyl groups excluding tert-OH is 1. The summed E-state index contributed by atoms with van der Waals surface area (Å²) in [6, 6.07) is -8.23. The lowest BCUT2D eigenvalue weighted by molar-refractivity contribution is -0.172. The van der Waals surface area contributed by atoms with Crippen LogP contribution in [0.2, 0.25) is 0 Å². The van der Waals surface area contributed by atoms with Gasteiger partial charge in [0.15, 0.2) is 5.78 Å². The third-order valence-electron chi connectivity index (χ3n) is 19.7. The molecule has 7 amide bonds. The van der Waals surface area contributed by atoms with Gasteiger partial charge in [0, 0.05) is 19.3 Å². The van der Waals surface area contributed by atoms with Crippen LogP contribution < -0.4 is 49.5 Å². The first kappa shape index (κ1) is 98.3. The lowest BCUT2D eigenvalue weighted by Gasteiger charge is -2.40. The Kier molecular flexibility index (Phi) is 62.6. The highest BCUT2D eigenvalue weighted by Crippen LogP contribution is 2.31. The minimum atomic E-state index is -4.89. The highest BCUT2D eigenvalue weighted by Gasteiger charge is 2.55. The van der Waals surface area contributed by atoms with E-state index < -0.39 is 118 Å². The van der Waals surface area contributed by atoms with E-state index in [4.69, 9.17) is 22.9 Å². The molecule has 0 saturated carbocycles. The Labute approximate surface area is 622 Å². The van der Waals surface area contributed by atoms with E-state index in [-0.39, 0.29) is 96.8 Å². The predicted molar refractivity (Wildman–Crippen MR) is 413 cm³/mol. The number of carbonyl (C=O) groups excluding carboxylic acids is 8. The quantitative estimate of drug-likeness (QED) is 0.0153. The third-order valence-corrected chi connectivity index (χ3v) is 20.5. The number of carbonyl (C=O) groups is 9. The summed E-state index contributed by atoms with van der Waals surface area (Å²) in [5, 5.41) is 34.6. The number of nitrogens with zero attached hydrogens (tertiary/aromatic N) is 1. The molecule has 25 heteroatoms. The summed E-state index contributed by atoms with van der Waals surface area (Å²) in [7, 11) is -4.89. The molecule has 6 atom stereocenters. The summed E-state index contributed by atoms with van der Waals surface area (Å²) in [6.45, 7) is 6.28. The lowest BCUT2D eigenvalue weighted by Crippen LogP contribution is -2.67. The van der Waals surface area contributed by atoms with E-state index in [0.29, 0.717) is 56.3 Å². The van der Waals surface area contributed by atoms with Gasteiger partial charge in [-0.25, -0.2) is 4.79 Å². The van der Waals surface area contributed by atoms with Gasteiger partial charge in [0.1, 0.15) is 36.0 Å². The standard InChI is InChI=1S/C78H150N10O14S/c1-4-7-10-13-16-19-22-25-28-31-34-37-40-54-69(90)78(77(98)99,57-46-50-61-82)88(71(92)56-42-39-36-33-30-27-24-21-18-15-12-9-6-3)76(97)66(53-45-49-60-81)86-73(94)65(52-44-48-59-80)84-72(93)64(51-43-47-58-79)85-74(95)67(62-89)87-75(96)68(63-103(100,101)102)83-70(91)55-41-38-35-32-29-26-23-20-17-14-11-8-5-2/h64-68,89H,4-63,79-82H2,1-3H3,(H,83,91)(H,84,93)(H,85,95)(H,86,94)(H,87,96)(H,98,99)(H,100,101,102)/t64-,65-,66-,67-,68-,78+/m0/s1. The third kappa shape index (κ3) is 49.0. The molecule has 0 radical (unpaired) electrons. The fourth-order valence-electron chi connectivity index (χ4n) is 13.3. The van der Waals surface area contributed by atoms with Gasteiger partial charge in [-0.3, -0.25) is 47.8 Å². The average Bonchev–Trinajstić information content (AvgIpc) is 0.760. The van der Waals surface area contributed by atoms with Crippen LogP contribution in [0.4, 0.5) is 0 Å². The fourth-order valence-corrected chi connectivity index (χ4v) is 14.0. The van der Waals surface area contributed by atoms with Crippen molar-refractivity contribution in [3.8, 4) is 0 Å². The Hall–Kier alpha value is -4.66. The number of hydrogen-bond acceptors (Lipinski definition) is 16. The van der Waals surface area contributed by atoms with Crippen molar-refractivity contribution in [3.05, 3.63) is 0 Å². The van der Waals surface area contributed by atoms with Crippen molar-refractivity contribution in [3.63, 3.8) is 0 Å². The largest absolute Gasteiger partial charge is 0.479 e. The summed E-state index contributed by atoms with van der Waals surface area (Å²) in [5.74, 6) is -10.5. The van der Waals surface area contributed by atoms with Crippen molar-refractivity contribution in [2.24, 2.45) is 22.9 Å². The number of rotatable bonds is 74. The van der Waals surface area contributed by atoms with Gasteiger partial charge in [-0.15, -0.1) is 0 Å². The van der Waals surface area contributed by atoms with Crippen molar-refractivity contribution in [1.29, 1.82) is 0 Å². The smallest absolute Gasteiger partial charge is 0.337 e. The van der Waals surface area contributed by atoms with Crippen molar-refractivity contribution < 1.29 is 66.3 Å². The van der Waals surface area contributed by atoms with Crippen LogP contribution in [0, 0.1) is 0 Å². The molecule has 103 heavy (non-hydrogen) atoms. The van der Waals surface area contributed by atoms with Crippen LogP contribution in [0.5, 0.6) is 0 Å². The predicted octanol–water partition coefficient (Wildman–Crippen LogP) is 12.0. The van der Waals surface area contributed by atoms with E-state index in [9.17, 15) is 52.0 Å². The maximum Gasteiger partial charge on any atom is 0.337 e. The number of amides is 7. The van der Waals surface area contributed by atoms with Gasteiger partial charge in [-0.05, 0) is 122 Å². The van der Waals surface area contributed by atoms with E-state index in [2.05, 4.69) is 47.4 Å². The van der Waals surface area contributed by atoms with Gasteiger partial charge in [0.25, 0.3) is 16.0 Å². The molecule has 0 aromatic carbocycles. The SMILES string of the molecule is CCCCCCCCCCCCCCCC(=O)N[C@@H](CS(=O)(=O)O)C(=O)N[C@@H](CO)C(=O)N[C@@H](CCCCN)C(=O)N[C@@H](CCCCN)C(=O)N[C@@H](CCCCN)C(=O)N(C(=O)CCCCCCCCCCCCCCC)[C@@](CCCCN)(C(=O)O)C(=O)CCCCCCCCCCCCCCC. The number of unbranched alkanes of at least 4 members (excludes halogenated alkanes) is 40. The molecule has 0 spiro atoms. The number of aliphatic hydroxyl groups is 1. The lowest BCUT2D eigenvalue weighted by atomic mass is 9.82. The zero-order valence-electron chi connectivity index (χ0n) is 64.8. The summed E-state index contributed by atoms with van der Waals surface area (Å²) in [4.78, 5) is 131. The molecule has 0 aromatic rings. The van der Waals surface area contributed by atoms with Crippen LogP contribution in [-0.4, -0.2) is 155 Å². The molecule has 0 fully saturated rings. The first-order chi connectivity index (χ1) is 49.7. The summed E-state index contributed by atoms with van der Waals surface area (Å²) in [6.07, 6.45) is 41.8. The first-order valence-corrected chi connectivity index (χ1v) is 42.8. The highest BCUT2D eigenvalue weighted by molar-refractivity contribution is 7.85. The topological polar surface area (TPSA) is 416 Å². The van der Waals surface area contributed by atoms with Crippen LogP contribution in [0.15, 0.2) is 0 Å². The van der Waals surface area contributed by atoms with Gasteiger partial charge in [-0.1, -0.05) is 252 Å². The molecule has 0 bridgehead atoms. The zero-order chi connectivity index (χ0) is 76.6. The molecule has 0 rings (SSSR count). The van der Waals surface area contributed by atoms with Gasteiger partial charge < -0.3 is 59.7 Å². The Morgan fingerprint density at radius 1 is 0.359 bits per heavy atom. The van der Waals surface area contributed by atoms with E-state index in [1.165, 1.54) is 122 Å². The van der Waals surface area contributed by atoms with E-state index in [1.807, 2.05) is 0 Å². The number of carboxylic acid groups (broad SMARTS) is 1. The average molecular weight is 1480 g/mol. The maximum absolute atomic E-state index is 15.7. The molecule has 24 nitrogen and oxygen atoms in total. The van der Waals surface area contributed by atoms with Crippen molar-refractivity contribution >= 4 is 63.2 Å². The number of nitrogens with one attached hydrogen (secondary N) is 5. The van der Waals surface area contributed by atoms with Gasteiger partial charge >= 0.3 is 5.97 Å². The molecule has 16 N–H and O–H groups in total. The minimum absolute atomic E-state index is 0.0493. The van der Waals surface area contributed by atoms with Crippen molar-refractivity contribution in [2.45, 2.75) is 403 Å². The Morgan fingerprint density at radius 2 is 0.650 bits per heavy atom. The molecule has 0 aliphatic carbocycles. The fraction of sp³-hybridized carbons (Fsp3) is 0.885. The Balaban J connectivity index is 7.04. The zero-order valence-corrected chi connectivity index (χ0v) is 65.6. The number of carboxylic acids is 1. The molecule has 0 saturated heterocycles. The summed E-state index contributed by atoms with van der Waals surface area (Å²) in [5.41, 5.74) is 21.0. The molecule has 0 aromatic heterocycles. The van der Waals surface area contributed by atoms with Crippen LogP contribution in [0.1, 0.15) is 367 Å². The summed E-state index contributed by atoms with van der Waals surface area (Å²) < 4.78 is 34.1. The second-order valence-electron chi connectivity index (χ2n) is 29.0. The molecule has 0 aliphatic heterocycles. The number of nitrogens with two attached hydrogens (primary N) is 4. The Morgan fingerprint density at radius 3 is 0.990 bits per heavy atom. The van der Waals surface area contributed by atoms with E-state index in [0.717, 1.165) is 96.3 Å². The number of ketones is 1. The number of aliphatic carboxylic acids is 1. The second-order valence-corrected chi connectivity index (χ2v) is 30.5. The van der Waals surface area contributed by atoms with Crippen molar-refractivity contribution in [2.75, 3.05) is 38.5 Å². The molecular weight excluding hydrogens is 1330 g/mol.